The van der Waals surface area contributed by atoms with Crippen LogP contribution in [0.15, 0.2) is 54.9 Å². The molecule has 166 valence electrons. The van der Waals surface area contributed by atoms with Crippen molar-refractivity contribution < 1.29 is 32.4 Å². The summed E-state index contributed by atoms with van der Waals surface area (Å²) in [6, 6.07) is 10.7. The third-order valence-corrected chi connectivity index (χ3v) is 3.94. The van der Waals surface area contributed by atoms with Crippen molar-refractivity contribution in [2.24, 2.45) is 0 Å². The van der Waals surface area contributed by atoms with Crippen molar-refractivity contribution in [3.8, 4) is 5.75 Å². The van der Waals surface area contributed by atoms with E-state index in [9.17, 15) is 28.1 Å². The van der Waals surface area contributed by atoms with Crippen molar-refractivity contribution in [2.75, 3.05) is 17.7 Å². The van der Waals surface area contributed by atoms with Crippen LogP contribution in [0.5, 0.6) is 5.75 Å². The van der Waals surface area contributed by atoms with Crippen molar-refractivity contribution >= 4 is 34.7 Å². The number of benzene rings is 2. The van der Waals surface area contributed by atoms with Gasteiger partial charge in [0, 0.05) is 5.69 Å². The van der Waals surface area contributed by atoms with Crippen LogP contribution >= 0.6 is 0 Å². The van der Waals surface area contributed by atoms with Crippen molar-refractivity contribution in [3.63, 3.8) is 0 Å². The number of ether oxygens (including phenoxy) is 2. The number of anilines is 4. The molecule has 0 radical (unpaired) electrons. The maximum atomic E-state index is 12.3. The van der Waals surface area contributed by atoms with Crippen LogP contribution < -0.4 is 15.4 Å². The third-order valence-electron chi connectivity index (χ3n) is 3.94. The molecule has 0 aliphatic heterocycles. The van der Waals surface area contributed by atoms with Crippen LogP contribution in [-0.2, 0) is 4.74 Å². The summed E-state index contributed by atoms with van der Waals surface area (Å²) in [5, 5.41) is 17.1. The van der Waals surface area contributed by atoms with Gasteiger partial charge in [0.2, 0.25) is 11.6 Å². The number of esters is 1. The van der Waals surface area contributed by atoms with Gasteiger partial charge in [-0.1, -0.05) is 12.1 Å². The summed E-state index contributed by atoms with van der Waals surface area (Å²) in [6.07, 6.45) is -3.80. The van der Waals surface area contributed by atoms with E-state index >= 15 is 0 Å². The molecule has 0 fully saturated rings. The van der Waals surface area contributed by atoms with Crippen LogP contribution in [0.2, 0.25) is 0 Å². The van der Waals surface area contributed by atoms with E-state index in [2.05, 4.69) is 25.3 Å². The zero-order valence-electron chi connectivity index (χ0n) is 16.2. The molecule has 0 aliphatic carbocycles. The highest BCUT2D eigenvalue weighted by atomic mass is 19.4. The molecule has 1 heterocycles. The van der Waals surface area contributed by atoms with Crippen molar-refractivity contribution in [1.82, 2.24) is 9.97 Å². The predicted octanol–water partition coefficient (Wildman–Crippen LogP) is 4.56. The Morgan fingerprint density at radius 1 is 1.03 bits per heavy atom. The largest absolute Gasteiger partial charge is 0.573 e. The Bertz CT molecular complexity index is 1140. The second-order valence-corrected chi connectivity index (χ2v) is 6.04. The Labute approximate surface area is 178 Å². The number of para-hydroxylation sites is 1. The van der Waals surface area contributed by atoms with Gasteiger partial charge < -0.3 is 20.1 Å². The molecule has 0 saturated carbocycles. The lowest BCUT2D eigenvalue weighted by Gasteiger charge is -2.13. The smallest absolute Gasteiger partial charge is 0.465 e. The van der Waals surface area contributed by atoms with E-state index in [1.165, 1.54) is 31.4 Å². The van der Waals surface area contributed by atoms with Gasteiger partial charge in [-0.2, -0.15) is 0 Å². The number of nitrogens with zero attached hydrogens (tertiary/aromatic N) is 3. The molecule has 2 N–H and O–H groups in total. The minimum atomic E-state index is -4.85. The van der Waals surface area contributed by atoms with Gasteiger partial charge in [-0.05, 0) is 36.4 Å². The summed E-state index contributed by atoms with van der Waals surface area (Å²) >= 11 is 0. The molecule has 10 nitrogen and oxygen atoms in total. The van der Waals surface area contributed by atoms with Gasteiger partial charge in [-0.25, -0.2) is 14.8 Å². The van der Waals surface area contributed by atoms with Gasteiger partial charge in [0.1, 0.15) is 12.1 Å². The first-order valence-corrected chi connectivity index (χ1v) is 8.74. The van der Waals surface area contributed by atoms with Crippen molar-refractivity contribution in [2.45, 2.75) is 6.36 Å². The average Bonchev–Trinajstić information content (AvgIpc) is 2.74. The number of nitro groups is 1. The molecule has 32 heavy (non-hydrogen) atoms. The lowest BCUT2D eigenvalue weighted by atomic mass is 10.2. The summed E-state index contributed by atoms with van der Waals surface area (Å²) in [6.45, 7) is 0. The number of nitrogens with one attached hydrogen (secondary N) is 2. The monoisotopic (exact) mass is 449 g/mol. The number of halogens is 3. The maximum absolute atomic E-state index is 12.3. The van der Waals surface area contributed by atoms with Crippen LogP contribution in [0.25, 0.3) is 0 Å². The summed E-state index contributed by atoms with van der Waals surface area (Å²) in [4.78, 5) is 30.6. The summed E-state index contributed by atoms with van der Waals surface area (Å²) < 4.78 is 45.3. The Balaban J connectivity index is 1.91. The van der Waals surface area contributed by atoms with Gasteiger partial charge in [0.25, 0.3) is 0 Å². The molecule has 1 aromatic heterocycles. The molecule has 0 atom stereocenters. The molecule has 3 rings (SSSR count). The molecule has 2 aromatic carbocycles. The number of rotatable bonds is 7. The minimum Gasteiger partial charge on any atom is -0.465 e. The highest BCUT2D eigenvalue weighted by Crippen LogP contribution is 2.34. The van der Waals surface area contributed by atoms with Gasteiger partial charge in [-0.3, -0.25) is 10.1 Å². The third kappa shape index (κ3) is 5.38. The van der Waals surface area contributed by atoms with Gasteiger partial charge in [-0.15, -0.1) is 13.2 Å². The van der Waals surface area contributed by atoms with Crippen LogP contribution in [-0.4, -0.2) is 34.3 Å². The van der Waals surface area contributed by atoms with E-state index in [-0.39, 0.29) is 28.6 Å². The van der Waals surface area contributed by atoms with E-state index in [0.717, 1.165) is 18.5 Å². The standard InChI is InChI=1S/C19H14F3N5O5/c1-31-18(28)13-4-2-3-5-14(13)26-17-15(27(29)30)16(23-10-24-17)25-11-6-8-12(9-7-11)32-19(20,21)22/h2-10H,1H3,(H2,23,24,25,26). The normalized spacial score (nSPS) is 10.9. The number of alkyl halides is 3. The number of hydrogen-bond donors (Lipinski definition) is 2. The van der Waals surface area contributed by atoms with Gasteiger partial charge in [0.05, 0.1) is 23.3 Å². The van der Waals surface area contributed by atoms with Crippen LogP contribution in [0.1, 0.15) is 10.4 Å². The van der Waals surface area contributed by atoms with Gasteiger partial charge in [0.15, 0.2) is 0 Å². The summed E-state index contributed by atoms with van der Waals surface area (Å²) in [7, 11) is 1.19. The Kier molecular flexibility index (Phi) is 6.37. The van der Waals surface area contributed by atoms with E-state index in [4.69, 9.17) is 4.74 Å². The lowest BCUT2D eigenvalue weighted by molar-refractivity contribution is -0.383. The van der Waals surface area contributed by atoms with Crippen molar-refractivity contribution in [3.05, 3.63) is 70.5 Å². The first-order valence-electron chi connectivity index (χ1n) is 8.74. The molecule has 0 unspecified atom stereocenters. The molecule has 0 aliphatic rings. The first-order chi connectivity index (χ1) is 15.2. The Hall–Kier alpha value is -4.42. The van der Waals surface area contributed by atoms with Crippen LogP contribution in [0.3, 0.4) is 0 Å². The second kappa shape index (κ2) is 9.16. The molecule has 0 saturated heterocycles. The SMILES string of the molecule is COC(=O)c1ccccc1Nc1ncnc(Nc2ccc(OC(F)(F)F)cc2)c1[N+](=O)[O-]. The number of carbonyl (C=O) groups excluding carboxylic acids is 1. The average molecular weight is 449 g/mol. The molecule has 0 amide bonds. The predicted molar refractivity (Wildman–Crippen MR) is 106 cm³/mol. The maximum Gasteiger partial charge on any atom is 0.573 e. The van der Waals surface area contributed by atoms with Crippen LogP contribution in [0.4, 0.5) is 41.9 Å². The van der Waals surface area contributed by atoms with Gasteiger partial charge >= 0.3 is 18.0 Å². The van der Waals surface area contributed by atoms with E-state index in [0.29, 0.717) is 0 Å². The molecular formula is C19H14F3N5O5. The quantitative estimate of drug-likeness (QED) is 0.303. The zero-order chi connectivity index (χ0) is 23.3. The Morgan fingerprint density at radius 2 is 1.66 bits per heavy atom. The first kappa shape index (κ1) is 22.3. The summed E-state index contributed by atoms with van der Waals surface area (Å²) in [5.41, 5.74) is -0.0107. The molecule has 0 spiro atoms. The molecular weight excluding hydrogens is 435 g/mol. The molecule has 13 heteroatoms. The zero-order valence-corrected chi connectivity index (χ0v) is 16.2. The Morgan fingerprint density at radius 3 is 2.25 bits per heavy atom. The number of carbonyl (C=O) groups is 1. The fourth-order valence-electron chi connectivity index (χ4n) is 2.62. The van der Waals surface area contributed by atoms with E-state index < -0.39 is 28.7 Å². The topological polar surface area (TPSA) is 129 Å². The fraction of sp³-hybridized carbons (Fsp3) is 0.105. The number of methoxy groups -OCH3 is 1. The van der Waals surface area contributed by atoms with Crippen LogP contribution in [0, 0.1) is 10.1 Å². The lowest BCUT2D eigenvalue weighted by Crippen LogP contribution is -2.17. The highest BCUT2D eigenvalue weighted by molar-refractivity contribution is 5.96. The molecule has 3 aromatic rings. The number of aromatic nitrogens is 2. The highest BCUT2D eigenvalue weighted by Gasteiger charge is 2.31. The van der Waals surface area contributed by atoms with E-state index in [1.807, 2.05) is 0 Å². The number of hydrogen-bond acceptors (Lipinski definition) is 9. The minimum absolute atomic E-state index is 0.123. The second-order valence-electron chi connectivity index (χ2n) is 6.04. The molecule has 0 bridgehead atoms. The van der Waals surface area contributed by atoms with Crippen molar-refractivity contribution in [1.29, 1.82) is 0 Å². The summed E-state index contributed by atoms with van der Waals surface area (Å²) in [5.74, 6) is -1.57. The van der Waals surface area contributed by atoms with E-state index in [1.54, 1.807) is 12.1 Å². The fourth-order valence-corrected chi connectivity index (χ4v) is 2.62.